The van der Waals surface area contributed by atoms with Crippen molar-refractivity contribution in [3.63, 3.8) is 0 Å². The van der Waals surface area contributed by atoms with Gasteiger partial charge in [-0.1, -0.05) is 12.8 Å². The van der Waals surface area contributed by atoms with E-state index in [0.717, 1.165) is 0 Å². The number of nitrogens with two attached hydrogens (primary N) is 1. The summed E-state index contributed by atoms with van der Waals surface area (Å²) in [4.78, 5) is 12.8. The SMILES string of the molecule is C[C@@H]([NH2+]C1CCCCCC1)C(=O)Nc1ccc(S(=O)(=O)N2CCOCC2)cc1. The second kappa shape index (κ2) is 9.82. The highest BCUT2D eigenvalue weighted by Crippen LogP contribution is 2.19. The molecule has 1 heterocycles. The molecule has 8 heteroatoms. The molecule has 1 saturated heterocycles. The Morgan fingerprint density at radius 2 is 1.71 bits per heavy atom. The second-order valence-electron chi connectivity index (χ2n) is 7.76. The standard InChI is InChI=1S/C20H31N3O4S/c1-16(21-17-6-4-2-3-5-7-17)20(24)22-18-8-10-19(11-9-18)28(25,26)23-12-14-27-15-13-23/h8-11,16-17,21H,2-7,12-15H2,1H3,(H,22,24)/p+1/t16-/m1/s1. The van der Waals surface area contributed by atoms with Crippen LogP contribution in [0.25, 0.3) is 0 Å². The van der Waals surface area contributed by atoms with Crippen LogP contribution in [0.1, 0.15) is 45.4 Å². The number of amides is 1. The average Bonchev–Trinajstić information content (AvgIpc) is 2.97. The quantitative estimate of drug-likeness (QED) is 0.692. The topological polar surface area (TPSA) is 92.3 Å². The number of nitrogens with one attached hydrogen (secondary N) is 1. The van der Waals surface area contributed by atoms with Crippen LogP contribution >= 0.6 is 0 Å². The van der Waals surface area contributed by atoms with E-state index in [1.807, 2.05) is 6.92 Å². The number of benzene rings is 1. The molecular weight excluding hydrogens is 378 g/mol. The van der Waals surface area contributed by atoms with Crippen molar-refractivity contribution in [2.45, 2.75) is 62.4 Å². The first kappa shape index (κ1) is 21.2. The zero-order chi connectivity index (χ0) is 20.0. The highest BCUT2D eigenvalue weighted by molar-refractivity contribution is 7.89. The first-order valence-corrected chi connectivity index (χ1v) is 11.7. The van der Waals surface area contributed by atoms with Crippen molar-refractivity contribution in [1.82, 2.24) is 4.31 Å². The van der Waals surface area contributed by atoms with Gasteiger partial charge in [-0.3, -0.25) is 4.79 Å². The predicted octanol–water partition coefficient (Wildman–Crippen LogP) is 1.32. The summed E-state index contributed by atoms with van der Waals surface area (Å²) in [6.07, 6.45) is 7.43. The Labute approximate surface area is 167 Å². The summed E-state index contributed by atoms with van der Waals surface area (Å²) in [5.74, 6) is -0.0481. The smallest absolute Gasteiger partial charge is 0.282 e. The summed E-state index contributed by atoms with van der Waals surface area (Å²) < 4.78 is 32.0. The van der Waals surface area contributed by atoms with Crippen LogP contribution in [-0.4, -0.2) is 57.0 Å². The van der Waals surface area contributed by atoms with E-state index in [0.29, 0.717) is 38.0 Å². The van der Waals surface area contributed by atoms with Crippen LogP contribution in [0.15, 0.2) is 29.2 Å². The molecule has 1 amide bonds. The Kier molecular flexibility index (Phi) is 7.45. The Hall–Kier alpha value is -1.48. The number of morpholine rings is 1. The number of carbonyl (C=O) groups excluding carboxylic acids is 1. The maximum absolute atomic E-state index is 12.7. The van der Waals surface area contributed by atoms with Crippen LogP contribution in [0.5, 0.6) is 0 Å². The minimum Gasteiger partial charge on any atom is -0.379 e. The van der Waals surface area contributed by atoms with Crippen LogP contribution in [0.3, 0.4) is 0 Å². The molecule has 2 fully saturated rings. The Balaban J connectivity index is 1.56. The number of quaternary nitrogens is 1. The number of nitrogens with zero attached hydrogens (tertiary/aromatic N) is 1. The van der Waals surface area contributed by atoms with Crippen LogP contribution in [0.2, 0.25) is 0 Å². The zero-order valence-electron chi connectivity index (χ0n) is 16.6. The molecule has 1 saturated carbocycles. The van der Waals surface area contributed by atoms with Crippen LogP contribution in [0.4, 0.5) is 5.69 Å². The maximum Gasteiger partial charge on any atom is 0.282 e. The molecule has 7 nitrogen and oxygen atoms in total. The van der Waals surface area contributed by atoms with E-state index in [2.05, 4.69) is 10.6 Å². The normalized spacial score (nSPS) is 21.0. The molecule has 0 spiro atoms. The predicted molar refractivity (Wildman–Crippen MR) is 108 cm³/mol. The van der Waals surface area contributed by atoms with Crippen molar-refractivity contribution in [3.05, 3.63) is 24.3 Å². The van der Waals surface area contributed by atoms with E-state index in [9.17, 15) is 13.2 Å². The molecule has 1 aromatic carbocycles. The minimum atomic E-state index is -3.51. The van der Waals surface area contributed by atoms with E-state index >= 15 is 0 Å². The van der Waals surface area contributed by atoms with Gasteiger partial charge in [0.15, 0.2) is 6.04 Å². The number of carbonyl (C=O) groups is 1. The highest BCUT2D eigenvalue weighted by atomic mass is 32.2. The molecule has 2 aliphatic rings. The molecule has 1 aliphatic heterocycles. The van der Waals surface area contributed by atoms with E-state index in [-0.39, 0.29) is 16.8 Å². The second-order valence-corrected chi connectivity index (χ2v) is 9.70. The molecular formula is C20H32N3O4S+. The minimum absolute atomic E-state index is 0.0481. The number of ether oxygens (including phenoxy) is 1. The van der Waals surface area contributed by atoms with Crippen molar-refractivity contribution >= 4 is 21.6 Å². The molecule has 156 valence electrons. The van der Waals surface area contributed by atoms with Crippen LogP contribution in [0, 0.1) is 0 Å². The first-order chi connectivity index (χ1) is 13.5. The van der Waals surface area contributed by atoms with Gasteiger partial charge < -0.3 is 15.4 Å². The van der Waals surface area contributed by atoms with Crippen molar-refractivity contribution in [2.75, 3.05) is 31.6 Å². The van der Waals surface area contributed by atoms with Crippen LogP contribution in [-0.2, 0) is 19.6 Å². The van der Waals surface area contributed by atoms with E-state index < -0.39 is 10.0 Å². The molecule has 28 heavy (non-hydrogen) atoms. The van der Waals surface area contributed by atoms with E-state index in [4.69, 9.17) is 4.74 Å². The highest BCUT2D eigenvalue weighted by Gasteiger charge is 2.26. The fraction of sp³-hybridized carbons (Fsp3) is 0.650. The van der Waals surface area contributed by atoms with Gasteiger partial charge in [0, 0.05) is 18.8 Å². The lowest BCUT2D eigenvalue weighted by Gasteiger charge is -2.26. The fourth-order valence-corrected chi connectivity index (χ4v) is 5.31. The van der Waals surface area contributed by atoms with Gasteiger partial charge in [0.2, 0.25) is 10.0 Å². The molecule has 3 N–H and O–H groups in total. The summed E-state index contributed by atoms with van der Waals surface area (Å²) in [6, 6.07) is 6.78. The van der Waals surface area contributed by atoms with Gasteiger partial charge >= 0.3 is 0 Å². The molecule has 1 aliphatic carbocycles. The molecule has 3 rings (SSSR count). The largest absolute Gasteiger partial charge is 0.379 e. The Morgan fingerprint density at radius 3 is 2.32 bits per heavy atom. The van der Waals surface area contributed by atoms with Crippen molar-refractivity contribution in [3.8, 4) is 0 Å². The third-order valence-corrected chi connectivity index (χ3v) is 7.52. The molecule has 0 unspecified atom stereocenters. The fourth-order valence-electron chi connectivity index (χ4n) is 3.90. The molecule has 1 atom stereocenters. The molecule has 0 bridgehead atoms. The lowest BCUT2D eigenvalue weighted by atomic mass is 10.1. The Bertz CT molecular complexity index is 737. The average molecular weight is 411 g/mol. The van der Waals surface area contributed by atoms with Gasteiger partial charge in [-0.2, -0.15) is 4.31 Å². The maximum atomic E-state index is 12.7. The number of rotatable bonds is 6. The number of hydrogen-bond donors (Lipinski definition) is 2. The summed E-state index contributed by atoms with van der Waals surface area (Å²) in [6.45, 7) is 3.51. The molecule has 0 radical (unpaired) electrons. The summed E-state index contributed by atoms with van der Waals surface area (Å²) >= 11 is 0. The summed E-state index contributed by atoms with van der Waals surface area (Å²) in [7, 11) is -3.51. The van der Waals surface area contributed by atoms with Gasteiger partial charge in [-0.15, -0.1) is 0 Å². The lowest BCUT2D eigenvalue weighted by Crippen LogP contribution is -2.96. The first-order valence-electron chi connectivity index (χ1n) is 10.3. The van der Waals surface area contributed by atoms with Gasteiger partial charge in [0.1, 0.15) is 0 Å². The van der Waals surface area contributed by atoms with Crippen LogP contribution < -0.4 is 10.6 Å². The number of anilines is 1. The molecule has 0 aromatic heterocycles. The van der Waals surface area contributed by atoms with E-state index in [1.165, 1.54) is 42.8 Å². The lowest BCUT2D eigenvalue weighted by molar-refractivity contribution is -0.707. The summed E-state index contributed by atoms with van der Waals surface area (Å²) in [5, 5.41) is 5.08. The van der Waals surface area contributed by atoms with Crippen molar-refractivity contribution in [2.24, 2.45) is 0 Å². The van der Waals surface area contributed by atoms with Gasteiger partial charge in [0.05, 0.1) is 24.2 Å². The third-order valence-electron chi connectivity index (χ3n) is 5.60. The Morgan fingerprint density at radius 1 is 1.11 bits per heavy atom. The van der Waals surface area contributed by atoms with E-state index in [1.54, 1.807) is 24.3 Å². The number of sulfonamides is 1. The number of hydrogen-bond acceptors (Lipinski definition) is 4. The van der Waals surface area contributed by atoms with Gasteiger partial charge in [-0.25, -0.2) is 8.42 Å². The monoisotopic (exact) mass is 410 g/mol. The van der Waals surface area contributed by atoms with Crippen molar-refractivity contribution < 1.29 is 23.3 Å². The van der Waals surface area contributed by atoms with Gasteiger partial charge in [-0.05, 0) is 56.9 Å². The van der Waals surface area contributed by atoms with Crippen molar-refractivity contribution in [1.29, 1.82) is 0 Å². The zero-order valence-corrected chi connectivity index (χ0v) is 17.4. The third kappa shape index (κ3) is 5.53. The molecule has 1 aromatic rings. The van der Waals surface area contributed by atoms with Gasteiger partial charge in [0.25, 0.3) is 5.91 Å². The summed E-state index contributed by atoms with van der Waals surface area (Å²) in [5.41, 5.74) is 0.618.